The van der Waals surface area contributed by atoms with E-state index in [1.165, 1.54) is 19.8 Å². The Morgan fingerprint density at radius 3 is 2.60 bits per heavy atom. The summed E-state index contributed by atoms with van der Waals surface area (Å²) in [7, 11) is 0. The smallest absolute Gasteiger partial charge is 0.325 e. The topological polar surface area (TPSA) is 97.1 Å². The molecule has 7 nitrogen and oxygen atoms in total. The van der Waals surface area contributed by atoms with Crippen molar-refractivity contribution in [3.05, 3.63) is 23.5 Å². The summed E-state index contributed by atoms with van der Waals surface area (Å²) in [6.45, 7) is 3.60. The van der Waals surface area contributed by atoms with Crippen molar-refractivity contribution in [1.82, 2.24) is 20.1 Å². The lowest BCUT2D eigenvalue weighted by atomic mass is 10.1. The molecule has 25 heavy (non-hydrogen) atoms. The van der Waals surface area contributed by atoms with Crippen LogP contribution >= 0.6 is 0 Å². The number of amides is 1. The first-order chi connectivity index (χ1) is 12.0. The number of hydrogen-bond donors (Lipinski definition) is 2. The molecule has 0 radical (unpaired) electrons. The van der Waals surface area contributed by atoms with Crippen molar-refractivity contribution in [2.75, 3.05) is 0 Å². The number of carboxylic acids is 1. The molecule has 2 atom stereocenters. The van der Waals surface area contributed by atoms with Crippen LogP contribution < -0.4 is 5.32 Å². The Bertz CT molecular complexity index is 851. The Labute approximate surface area is 145 Å². The van der Waals surface area contributed by atoms with Gasteiger partial charge in [-0.1, -0.05) is 0 Å². The van der Waals surface area contributed by atoms with Gasteiger partial charge in [0.05, 0.1) is 23.2 Å². The Kier molecular flexibility index (Phi) is 3.74. The zero-order valence-electron chi connectivity index (χ0n) is 14.4. The van der Waals surface area contributed by atoms with Crippen molar-refractivity contribution in [2.24, 2.45) is 5.92 Å². The van der Waals surface area contributed by atoms with E-state index in [4.69, 9.17) is 10.1 Å². The van der Waals surface area contributed by atoms with Crippen LogP contribution in [-0.4, -0.2) is 37.8 Å². The Morgan fingerprint density at radius 2 is 2.00 bits per heavy atom. The largest absolute Gasteiger partial charge is 0.480 e. The molecule has 2 aromatic rings. The van der Waals surface area contributed by atoms with Gasteiger partial charge in [-0.3, -0.25) is 9.59 Å². The average Bonchev–Trinajstić information content (AvgIpc) is 3.48. The van der Waals surface area contributed by atoms with Gasteiger partial charge in [0.2, 0.25) is 0 Å². The minimum atomic E-state index is -1.06. The van der Waals surface area contributed by atoms with Crippen LogP contribution in [-0.2, 0) is 4.79 Å². The fourth-order valence-corrected chi connectivity index (χ4v) is 3.23. The van der Waals surface area contributed by atoms with Crippen molar-refractivity contribution in [2.45, 2.75) is 57.5 Å². The standard InChI is InChI=1S/C18H22N4O3/c1-9(18(24)25)20-17(23)13-7-15(12-5-6-12)21-16-14(13)8-19-22(16)10(2)11-3-4-11/h7-12H,3-6H2,1-2H3,(H,20,23)(H,24,25)/t9-,10-/m0/s1. The molecule has 0 aromatic carbocycles. The van der Waals surface area contributed by atoms with E-state index in [9.17, 15) is 9.59 Å². The first-order valence-corrected chi connectivity index (χ1v) is 8.87. The van der Waals surface area contributed by atoms with Crippen LogP contribution in [0.4, 0.5) is 0 Å². The molecule has 2 aliphatic rings. The van der Waals surface area contributed by atoms with E-state index in [0.29, 0.717) is 22.8 Å². The van der Waals surface area contributed by atoms with Gasteiger partial charge in [-0.2, -0.15) is 5.10 Å². The van der Waals surface area contributed by atoms with Gasteiger partial charge in [0.1, 0.15) is 6.04 Å². The molecule has 2 heterocycles. The summed E-state index contributed by atoms with van der Waals surface area (Å²) in [6.07, 6.45) is 6.25. The zero-order valence-corrected chi connectivity index (χ0v) is 14.4. The zero-order chi connectivity index (χ0) is 17.7. The van der Waals surface area contributed by atoms with Crippen LogP contribution in [0.2, 0.25) is 0 Å². The molecule has 132 valence electrons. The van der Waals surface area contributed by atoms with Gasteiger partial charge in [-0.25, -0.2) is 9.67 Å². The molecule has 4 rings (SSSR count). The van der Waals surface area contributed by atoms with Crippen LogP contribution in [0.15, 0.2) is 12.3 Å². The monoisotopic (exact) mass is 342 g/mol. The van der Waals surface area contributed by atoms with E-state index in [1.807, 2.05) is 4.68 Å². The highest BCUT2D eigenvalue weighted by atomic mass is 16.4. The highest BCUT2D eigenvalue weighted by Crippen LogP contribution is 2.42. The van der Waals surface area contributed by atoms with Gasteiger partial charge in [0, 0.05) is 11.6 Å². The number of carboxylic acid groups (broad SMARTS) is 1. The number of aromatic nitrogens is 3. The SMILES string of the molecule is C[C@H](NC(=O)c1cc(C2CC2)nc2c1cnn2[C@@H](C)C1CC1)C(=O)O. The minimum absolute atomic E-state index is 0.258. The number of carbonyl (C=O) groups excluding carboxylic acids is 1. The molecule has 0 saturated heterocycles. The van der Waals surface area contributed by atoms with Crippen LogP contribution in [0.25, 0.3) is 11.0 Å². The number of nitrogens with one attached hydrogen (secondary N) is 1. The first kappa shape index (κ1) is 16.1. The third-order valence-corrected chi connectivity index (χ3v) is 5.23. The number of fused-ring (bicyclic) bond motifs is 1. The summed E-state index contributed by atoms with van der Waals surface area (Å²) in [5.74, 6) is -0.423. The van der Waals surface area contributed by atoms with E-state index >= 15 is 0 Å². The lowest BCUT2D eigenvalue weighted by molar-refractivity contribution is -0.138. The van der Waals surface area contributed by atoms with Gasteiger partial charge in [-0.15, -0.1) is 0 Å². The third-order valence-electron chi connectivity index (χ3n) is 5.23. The molecule has 2 fully saturated rings. The fourth-order valence-electron chi connectivity index (χ4n) is 3.23. The Morgan fingerprint density at radius 1 is 1.28 bits per heavy atom. The number of carbonyl (C=O) groups is 2. The summed E-state index contributed by atoms with van der Waals surface area (Å²) in [5, 5.41) is 16.8. The molecule has 0 bridgehead atoms. The van der Waals surface area contributed by atoms with E-state index in [-0.39, 0.29) is 11.9 Å². The fraction of sp³-hybridized carbons (Fsp3) is 0.556. The lowest BCUT2D eigenvalue weighted by Crippen LogP contribution is -2.38. The van der Waals surface area contributed by atoms with Crippen LogP contribution in [0.3, 0.4) is 0 Å². The highest BCUT2D eigenvalue weighted by Gasteiger charge is 2.33. The summed E-state index contributed by atoms with van der Waals surface area (Å²) < 4.78 is 1.93. The number of hydrogen-bond acceptors (Lipinski definition) is 4. The van der Waals surface area contributed by atoms with Crippen LogP contribution in [0.5, 0.6) is 0 Å². The number of nitrogens with zero attached hydrogens (tertiary/aromatic N) is 3. The molecule has 0 unspecified atom stereocenters. The number of rotatable bonds is 6. The quantitative estimate of drug-likeness (QED) is 0.840. The maximum Gasteiger partial charge on any atom is 0.325 e. The predicted molar refractivity (Wildman–Crippen MR) is 91.5 cm³/mol. The molecule has 2 N–H and O–H groups in total. The molecule has 2 aliphatic carbocycles. The molecule has 1 amide bonds. The van der Waals surface area contributed by atoms with Crippen molar-refractivity contribution in [1.29, 1.82) is 0 Å². The molecule has 7 heteroatoms. The maximum atomic E-state index is 12.7. The number of aliphatic carboxylic acids is 1. The van der Waals surface area contributed by atoms with E-state index in [0.717, 1.165) is 24.2 Å². The lowest BCUT2D eigenvalue weighted by Gasteiger charge is -2.14. The molecular formula is C18H22N4O3. The van der Waals surface area contributed by atoms with Crippen molar-refractivity contribution >= 4 is 22.9 Å². The summed E-state index contributed by atoms with van der Waals surface area (Å²) in [5.41, 5.74) is 2.11. The van der Waals surface area contributed by atoms with Crippen LogP contribution in [0, 0.1) is 5.92 Å². The van der Waals surface area contributed by atoms with Gasteiger partial charge in [0.15, 0.2) is 5.65 Å². The molecule has 0 spiro atoms. The molecule has 2 saturated carbocycles. The molecular weight excluding hydrogens is 320 g/mol. The third kappa shape index (κ3) is 2.99. The summed E-state index contributed by atoms with van der Waals surface area (Å²) >= 11 is 0. The second kappa shape index (κ2) is 5.82. The van der Waals surface area contributed by atoms with Gasteiger partial charge >= 0.3 is 5.97 Å². The van der Waals surface area contributed by atoms with Crippen molar-refractivity contribution in [3.63, 3.8) is 0 Å². The van der Waals surface area contributed by atoms with Crippen molar-refractivity contribution in [3.8, 4) is 0 Å². The average molecular weight is 342 g/mol. The highest BCUT2D eigenvalue weighted by molar-refractivity contribution is 6.06. The van der Waals surface area contributed by atoms with Gasteiger partial charge in [-0.05, 0) is 51.5 Å². The Hall–Kier alpha value is -2.44. The maximum absolute atomic E-state index is 12.7. The molecule has 2 aromatic heterocycles. The van der Waals surface area contributed by atoms with E-state index < -0.39 is 12.0 Å². The second-order valence-electron chi connectivity index (χ2n) is 7.31. The molecule has 0 aliphatic heterocycles. The second-order valence-corrected chi connectivity index (χ2v) is 7.31. The predicted octanol–water partition coefficient (Wildman–Crippen LogP) is 2.48. The van der Waals surface area contributed by atoms with Gasteiger partial charge < -0.3 is 10.4 Å². The first-order valence-electron chi connectivity index (χ1n) is 8.87. The Balaban J connectivity index is 1.77. The van der Waals surface area contributed by atoms with Crippen molar-refractivity contribution < 1.29 is 14.7 Å². The summed E-state index contributed by atoms with van der Waals surface area (Å²) in [6, 6.07) is 1.12. The van der Waals surface area contributed by atoms with Gasteiger partial charge in [0.25, 0.3) is 5.91 Å². The summed E-state index contributed by atoms with van der Waals surface area (Å²) in [4.78, 5) is 28.5. The van der Waals surface area contributed by atoms with Crippen LogP contribution in [0.1, 0.15) is 67.5 Å². The minimum Gasteiger partial charge on any atom is -0.480 e. The normalized spacial score (nSPS) is 19.6. The van der Waals surface area contributed by atoms with E-state index in [1.54, 1.807) is 12.3 Å². The van der Waals surface area contributed by atoms with E-state index in [2.05, 4.69) is 17.3 Å². The number of pyridine rings is 1.